The number of nitrogens with one attached hydrogen (secondary N) is 1. The van der Waals surface area contributed by atoms with Crippen LogP contribution in [0.15, 0.2) is 9.52 Å². The highest BCUT2D eigenvalue weighted by Crippen LogP contribution is 2.32. The van der Waals surface area contributed by atoms with Gasteiger partial charge in [0, 0.05) is 32.2 Å². The molecular formula is C15H26N4O. The van der Waals surface area contributed by atoms with Gasteiger partial charge in [0.15, 0.2) is 5.96 Å². The molecule has 0 saturated carbocycles. The molecule has 5 nitrogen and oxygen atoms in total. The van der Waals surface area contributed by atoms with Gasteiger partial charge < -0.3 is 14.7 Å². The summed E-state index contributed by atoms with van der Waals surface area (Å²) in [6.07, 6.45) is 2.44. The van der Waals surface area contributed by atoms with Gasteiger partial charge in [-0.3, -0.25) is 4.99 Å². The second kappa shape index (κ2) is 5.85. The first kappa shape index (κ1) is 14.9. The molecule has 2 rings (SSSR count). The summed E-state index contributed by atoms with van der Waals surface area (Å²) in [5.41, 5.74) is 2.49. The number of rotatable bonds is 3. The van der Waals surface area contributed by atoms with Crippen LogP contribution in [0.25, 0.3) is 0 Å². The van der Waals surface area contributed by atoms with Gasteiger partial charge in [0.1, 0.15) is 5.76 Å². The van der Waals surface area contributed by atoms with E-state index in [0.29, 0.717) is 12.0 Å². The Bertz CT molecular complexity index is 475. The van der Waals surface area contributed by atoms with Crippen molar-refractivity contribution in [3.63, 3.8) is 0 Å². The zero-order chi connectivity index (χ0) is 14.8. The zero-order valence-corrected chi connectivity index (χ0v) is 13.3. The molecule has 1 aliphatic heterocycles. The van der Waals surface area contributed by atoms with E-state index < -0.39 is 0 Å². The van der Waals surface area contributed by atoms with E-state index in [-0.39, 0.29) is 0 Å². The van der Waals surface area contributed by atoms with Crippen molar-refractivity contribution in [1.29, 1.82) is 0 Å². The molecule has 1 atom stereocenters. The lowest BCUT2D eigenvalue weighted by atomic mass is 9.87. The minimum atomic E-state index is 0.417. The first-order chi connectivity index (χ1) is 9.49. The van der Waals surface area contributed by atoms with Crippen molar-refractivity contribution in [1.82, 2.24) is 15.4 Å². The number of aromatic nitrogens is 1. The van der Waals surface area contributed by atoms with Gasteiger partial charge in [0.05, 0.1) is 5.69 Å². The summed E-state index contributed by atoms with van der Waals surface area (Å²) in [6.45, 7) is 11.4. The lowest BCUT2D eigenvalue weighted by Gasteiger charge is -2.25. The van der Waals surface area contributed by atoms with Crippen molar-refractivity contribution in [3.8, 4) is 0 Å². The summed E-state index contributed by atoms with van der Waals surface area (Å²) in [4.78, 5) is 6.76. The molecule has 2 heterocycles. The molecule has 112 valence electrons. The van der Waals surface area contributed by atoms with Crippen molar-refractivity contribution >= 4 is 5.96 Å². The molecule has 0 aromatic carbocycles. The maximum atomic E-state index is 5.19. The second-order valence-electron chi connectivity index (χ2n) is 6.04. The molecule has 0 bridgehead atoms. The van der Waals surface area contributed by atoms with Gasteiger partial charge in [-0.25, -0.2) is 0 Å². The number of aryl methyl sites for hydroxylation is 2. The van der Waals surface area contributed by atoms with Crippen molar-refractivity contribution in [3.05, 3.63) is 17.0 Å². The fourth-order valence-electron chi connectivity index (χ4n) is 2.75. The number of hydrogen-bond acceptors (Lipinski definition) is 3. The van der Waals surface area contributed by atoms with E-state index in [0.717, 1.165) is 36.1 Å². The zero-order valence-electron chi connectivity index (χ0n) is 13.3. The Balaban J connectivity index is 1.98. The molecule has 1 saturated heterocycles. The van der Waals surface area contributed by atoms with E-state index >= 15 is 0 Å². The van der Waals surface area contributed by atoms with Crippen molar-refractivity contribution in [2.24, 2.45) is 10.4 Å². The molecule has 5 heteroatoms. The average Bonchev–Trinajstić information content (AvgIpc) is 2.97. The third-order valence-electron chi connectivity index (χ3n) is 4.53. The van der Waals surface area contributed by atoms with Crippen LogP contribution in [0.1, 0.15) is 43.7 Å². The van der Waals surface area contributed by atoms with E-state index in [4.69, 9.17) is 4.52 Å². The molecular weight excluding hydrogens is 252 g/mol. The van der Waals surface area contributed by atoms with Crippen LogP contribution in [0, 0.1) is 19.3 Å². The predicted octanol–water partition coefficient (Wildman–Crippen LogP) is 2.49. The smallest absolute Gasteiger partial charge is 0.193 e. The molecule has 0 spiro atoms. The summed E-state index contributed by atoms with van der Waals surface area (Å²) in [7, 11) is 1.84. The van der Waals surface area contributed by atoms with E-state index in [9.17, 15) is 0 Å². The van der Waals surface area contributed by atoms with Crippen LogP contribution in [0.5, 0.6) is 0 Å². The summed E-state index contributed by atoms with van der Waals surface area (Å²) in [5, 5.41) is 7.42. The quantitative estimate of drug-likeness (QED) is 0.682. The van der Waals surface area contributed by atoms with Gasteiger partial charge >= 0.3 is 0 Å². The number of aliphatic imine (C=N–C) groups is 1. The monoisotopic (exact) mass is 278 g/mol. The first-order valence-corrected chi connectivity index (χ1v) is 7.36. The number of nitrogens with zero attached hydrogens (tertiary/aromatic N) is 3. The van der Waals surface area contributed by atoms with Crippen LogP contribution in [0.4, 0.5) is 0 Å². The fraction of sp³-hybridized carbons (Fsp3) is 0.733. The maximum Gasteiger partial charge on any atom is 0.193 e. The molecule has 1 fully saturated rings. The Morgan fingerprint density at radius 1 is 1.50 bits per heavy atom. The highest BCUT2D eigenvalue weighted by Gasteiger charge is 2.33. The molecule has 20 heavy (non-hydrogen) atoms. The third kappa shape index (κ3) is 2.97. The van der Waals surface area contributed by atoms with E-state index in [2.05, 4.69) is 34.2 Å². The Morgan fingerprint density at radius 3 is 2.75 bits per heavy atom. The minimum absolute atomic E-state index is 0.417. The molecule has 0 aliphatic carbocycles. The van der Waals surface area contributed by atoms with E-state index in [1.165, 1.54) is 12.8 Å². The summed E-state index contributed by atoms with van der Waals surface area (Å²) >= 11 is 0. The largest absolute Gasteiger partial charge is 0.361 e. The normalized spacial score (nSPS) is 23.4. The lowest BCUT2D eigenvalue weighted by Crippen LogP contribution is -2.40. The predicted molar refractivity (Wildman–Crippen MR) is 80.8 cm³/mol. The van der Waals surface area contributed by atoms with Crippen LogP contribution in [0.3, 0.4) is 0 Å². The first-order valence-electron chi connectivity index (χ1n) is 7.36. The average molecular weight is 278 g/mol. The number of likely N-dealkylation sites (tertiary alicyclic amines) is 1. The fourth-order valence-corrected chi connectivity index (χ4v) is 2.75. The Morgan fingerprint density at radius 2 is 2.25 bits per heavy atom. The van der Waals surface area contributed by atoms with E-state index in [1.807, 2.05) is 20.9 Å². The van der Waals surface area contributed by atoms with E-state index in [1.54, 1.807) is 0 Å². The summed E-state index contributed by atoms with van der Waals surface area (Å²) in [6, 6.07) is 0. The van der Waals surface area contributed by atoms with Crippen LogP contribution < -0.4 is 5.32 Å². The van der Waals surface area contributed by atoms with Crippen molar-refractivity contribution in [2.75, 3.05) is 20.1 Å². The number of hydrogen-bond donors (Lipinski definition) is 1. The minimum Gasteiger partial charge on any atom is -0.361 e. The molecule has 1 aliphatic rings. The van der Waals surface area contributed by atoms with Crippen LogP contribution in [-0.2, 0) is 6.54 Å². The Labute approximate surface area is 121 Å². The Kier molecular flexibility index (Phi) is 4.35. The second-order valence-corrected chi connectivity index (χ2v) is 6.04. The van der Waals surface area contributed by atoms with Crippen LogP contribution in [0.2, 0.25) is 0 Å². The summed E-state index contributed by atoms with van der Waals surface area (Å²) < 4.78 is 5.19. The Hall–Kier alpha value is -1.52. The standard InChI is InChI=1S/C15H26N4O/c1-6-15(4)7-8-19(10-15)14(16-5)17-9-13-11(2)18-20-12(13)3/h6-10H2,1-5H3,(H,16,17). The van der Waals surface area contributed by atoms with Crippen molar-refractivity contribution < 1.29 is 4.52 Å². The molecule has 1 N–H and O–H groups in total. The van der Waals surface area contributed by atoms with Crippen molar-refractivity contribution in [2.45, 2.75) is 47.1 Å². The SMILES string of the molecule is CCC1(C)CCN(C(=NC)NCc2c(C)noc2C)C1. The third-order valence-corrected chi connectivity index (χ3v) is 4.53. The molecule has 0 amide bonds. The topological polar surface area (TPSA) is 53.7 Å². The summed E-state index contributed by atoms with van der Waals surface area (Å²) in [5.74, 6) is 1.85. The number of guanidine groups is 1. The molecule has 1 unspecified atom stereocenters. The molecule has 1 aromatic rings. The van der Waals surface area contributed by atoms with Gasteiger partial charge in [-0.15, -0.1) is 0 Å². The van der Waals surface area contributed by atoms with Gasteiger partial charge in [0.25, 0.3) is 0 Å². The van der Waals surface area contributed by atoms with Gasteiger partial charge in [-0.1, -0.05) is 19.0 Å². The van der Waals surface area contributed by atoms with Gasteiger partial charge in [-0.2, -0.15) is 0 Å². The molecule has 1 aromatic heterocycles. The van der Waals surface area contributed by atoms with Gasteiger partial charge in [-0.05, 0) is 32.1 Å². The highest BCUT2D eigenvalue weighted by molar-refractivity contribution is 5.80. The van der Waals surface area contributed by atoms with Gasteiger partial charge in [0.2, 0.25) is 0 Å². The van der Waals surface area contributed by atoms with Crippen LogP contribution in [-0.4, -0.2) is 36.2 Å². The lowest BCUT2D eigenvalue weighted by molar-refractivity contribution is 0.322. The maximum absolute atomic E-state index is 5.19. The highest BCUT2D eigenvalue weighted by atomic mass is 16.5. The molecule has 0 radical (unpaired) electrons. The van der Waals surface area contributed by atoms with Crippen LogP contribution >= 0.6 is 0 Å².